The van der Waals surface area contributed by atoms with Gasteiger partial charge in [0.15, 0.2) is 0 Å². The maximum atomic E-state index is 13.0. The van der Waals surface area contributed by atoms with Crippen molar-refractivity contribution in [2.45, 2.75) is 59.5 Å². The van der Waals surface area contributed by atoms with E-state index in [1.807, 2.05) is 12.1 Å². The number of allylic oxidation sites excluding steroid dienone is 1. The van der Waals surface area contributed by atoms with Gasteiger partial charge in [0.25, 0.3) is 11.1 Å². The highest BCUT2D eigenvalue weighted by molar-refractivity contribution is 8.18. The van der Waals surface area contributed by atoms with Crippen molar-refractivity contribution >= 4 is 46.2 Å². The second kappa shape index (κ2) is 9.63. The third kappa shape index (κ3) is 4.67. The molecule has 2 aliphatic rings. The number of nitrogens with zero attached hydrogens (tertiary/aromatic N) is 2. The van der Waals surface area contributed by atoms with E-state index in [1.165, 1.54) is 6.92 Å². The molecule has 1 unspecified atom stereocenters. The van der Waals surface area contributed by atoms with Gasteiger partial charge < -0.3 is 14.4 Å². The van der Waals surface area contributed by atoms with Crippen LogP contribution in [0.25, 0.3) is 11.6 Å². The summed E-state index contributed by atoms with van der Waals surface area (Å²) in [5, 5.41) is -0.490. The molecular weight excluding hydrogens is 440 g/mol. The second-order valence-corrected chi connectivity index (χ2v) is 9.72. The van der Waals surface area contributed by atoms with Crippen LogP contribution in [-0.2, 0) is 14.3 Å². The molecule has 33 heavy (non-hydrogen) atoms. The highest BCUT2D eigenvalue weighted by atomic mass is 32.2. The van der Waals surface area contributed by atoms with Crippen molar-refractivity contribution in [3.63, 3.8) is 0 Å². The Kier molecular flexibility index (Phi) is 7.26. The highest BCUT2D eigenvalue weighted by Crippen LogP contribution is 2.43. The van der Waals surface area contributed by atoms with Crippen molar-refractivity contribution in [3.8, 4) is 5.75 Å². The third-order valence-electron chi connectivity index (χ3n) is 5.90. The van der Waals surface area contributed by atoms with Crippen molar-refractivity contribution in [2.75, 3.05) is 25.2 Å². The minimum atomic E-state index is -0.983. The van der Waals surface area contributed by atoms with E-state index in [4.69, 9.17) is 9.47 Å². The van der Waals surface area contributed by atoms with Crippen molar-refractivity contribution in [1.29, 1.82) is 0 Å². The number of thioether (sulfide) groups is 1. The number of amides is 2. The molecule has 1 fully saturated rings. The zero-order valence-corrected chi connectivity index (χ0v) is 21.2. The summed E-state index contributed by atoms with van der Waals surface area (Å²) in [5.41, 5.74) is 3.86. The highest BCUT2D eigenvalue weighted by Gasteiger charge is 2.41. The number of esters is 1. The van der Waals surface area contributed by atoms with Gasteiger partial charge in [0.1, 0.15) is 11.8 Å². The number of methoxy groups -OCH3 is 1. The maximum Gasteiger partial charge on any atom is 0.329 e. The van der Waals surface area contributed by atoms with Gasteiger partial charge >= 0.3 is 5.97 Å². The van der Waals surface area contributed by atoms with Gasteiger partial charge in [-0.15, -0.1) is 0 Å². The van der Waals surface area contributed by atoms with Gasteiger partial charge in [-0.05, 0) is 70.5 Å². The lowest BCUT2D eigenvalue weighted by Gasteiger charge is -2.43. The first kappa shape index (κ1) is 24.9. The van der Waals surface area contributed by atoms with E-state index < -0.39 is 23.2 Å². The minimum Gasteiger partial charge on any atom is -0.496 e. The minimum absolute atomic E-state index is 0.133. The van der Waals surface area contributed by atoms with Crippen molar-refractivity contribution in [1.82, 2.24) is 4.90 Å². The zero-order valence-electron chi connectivity index (χ0n) is 20.4. The molecule has 1 atom stereocenters. The lowest BCUT2D eigenvalue weighted by atomic mass is 9.87. The van der Waals surface area contributed by atoms with Gasteiger partial charge in [0, 0.05) is 29.4 Å². The average Bonchev–Trinajstić information content (AvgIpc) is 3.03. The molecule has 3 rings (SSSR count). The van der Waals surface area contributed by atoms with Crippen LogP contribution in [0.1, 0.15) is 59.1 Å². The average molecular weight is 473 g/mol. The molecule has 2 aliphatic heterocycles. The SMILES string of the molecule is CCCN1c2cc(OC)c(/C=C3\SC(=O)N(C(C)C(=O)OCC)C3=O)cc2C(C)=CC1(C)C. The van der Waals surface area contributed by atoms with Crippen LogP contribution in [0.15, 0.2) is 23.1 Å². The molecule has 0 bridgehead atoms. The number of benzene rings is 1. The lowest BCUT2D eigenvalue weighted by molar-refractivity contribution is -0.150. The summed E-state index contributed by atoms with van der Waals surface area (Å²) < 4.78 is 10.7. The van der Waals surface area contributed by atoms with E-state index >= 15 is 0 Å². The van der Waals surface area contributed by atoms with Crippen LogP contribution in [0, 0.1) is 0 Å². The Labute approximate surface area is 199 Å². The third-order valence-corrected chi connectivity index (χ3v) is 6.79. The number of imide groups is 1. The lowest BCUT2D eigenvalue weighted by Crippen LogP contribution is -2.45. The summed E-state index contributed by atoms with van der Waals surface area (Å²) >= 11 is 0.816. The molecule has 0 spiro atoms. The largest absolute Gasteiger partial charge is 0.496 e. The fourth-order valence-corrected chi connectivity index (χ4v) is 5.27. The number of rotatable bonds is 7. The van der Waals surface area contributed by atoms with Crippen LogP contribution < -0.4 is 9.64 Å². The van der Waals surface area contributed by atoms with Crippen LogP contribution in [0.3, 0.4) is 0 Å². The Morgan fingerprint density at radius 1 is 1.24 bits per heavy atom. The molecule has 1 aromatic rings. The topological polar surface area (TPSA) is 76.2 Å². The summed E-state index contributed by atoms with van der Waals surface area (Å²) in [4.78, 5) is 41.2. The Morgan fingerprint density at radius 2 is 1.94 bits per heavy atom. The Hall–Kier alpha value is -2.74. The van der Waals surface area contributed by atoms with Gasteiger partial charge in [-0.1, -0.05) is 13.0 Å². The normalized spacial score (nSPS) is 19.5. The first-order valence-corrected chi connectivity index (χ1v) is 12.0. The van der Waals surface area contributed by atoms with Gasteiger partial charge in [-0.3, -0.25) is 14.5 Å². The monoisotopic (exact) mass is 472 g/mol. The van der Waals surface area contributed by atoms with Crippen molar-refractivity contribution < 1.29 is 23.9 Å². The van der Waals surface area contributed by atoms with Crippen molar-refractivity contribution in [3.05, 3.63) is 34.2 Å². The Balaban J connectivity index is 2.03. The molecule has 0 saturated carbocycles. The number of anilines is 1. The predicted molar refractivity (Wildman–Crippen MR) is 132 cm³/mol. The van der Waals surface area contributed by atoms with Crippen LogP contribution in [0.2, 0.25) is 0 Å². The molecule has 8 heteroatoms. The molecule has 0 aliphatic carbocycles. The van der Waals surface area contributed by atoms with Gasteiger partial charge in [0.05, 0.1) is 24.2 Å². The summed E-state index contributed by atoms with van der Waals surface area (Å²) in [5.74, 6) is -0.497. The van der Waals surface area contributed by atoms with E-state index in [2.05, 4.69) is 38.7 Å². The smallest absolute Gasteiger partial charge is 0.329 e. The van der Waals surface area contributed by atoms with Crippen LogP contribution in [-0.4, -0.2) is 53.9 Å². The summed E-state index contributed by atoms with van der Waals surface area (Å²) in [6.45, 7) is 12.9. The van der Waals surface area contributed by atoms with Crippen LogP contribution in [0.5, 0.6) is 5.75 Å². The molecule has 2 heterocycles. The predicted octanol–water partition coefficient (Wildman–Crippen LogP) is 5.10. The second-order valence-electron chi connectivity index (χ2n) is 8.72. The Bertz CT molecular complexity index is 1040. The molecule has 7 nitrogen and oxygen atoms in total. The first-order chi connectivity index (χ1) is 15.5. The van der Waals surface area contributed by atoms with E-state index in [-0.39, 0.29) is 17.1 Å². The molecule has 1 aromatic carbocycles. The summed E-state index contributed by atoms with van der Waals surface area (Å²) in [6.07, 6.45) is 4.92. The van der Waals surface area contributed by atoms with E-state index in [0.717, 1.165) is 46.5 Å². The standard InChI is InChI=1S/C25H32N2O5S/c1-8-10-26-19-13-20(31-7)17(11-18(19)15(3)14-25(26,5)6)12-21-22(28)27(24(30)33-21)16(4)23(29)32-9-2/h11-14,16H,8-10H2,1-7H3/b21-12-. The van der Waals surface area contributed by atoms with E-state index in [1.54, 1.807) is 20.1 Å². The first-order valence-electron chi connectivity index (χ1n) is 11.2. The number of hydrogen-bond donors (Lipinski definition) is 0. The van der Waals surface area contributed by atoms with E-state index in [0.29, 0.717) is 11.3 Å². The number of hydrogen-bond acceptors (Lipinski definition) is 7. The van der Waals surface area contributed by atoms with Gasteiger partial charge in [0.2, 0.25) is 0 Å². The summed E-state index contributed by atoms with van der Waals surface area (Å²) in [7, 11) is 1.59. The molecule has 2 amide bonds. The number of fused-ring (bicyclic) bond motifs is 1. The zero-order chi connectivity index (χ0) is 24.5. The number of ether oxygens (including phenoxy) is 2. The molecule has 1 saturated heterocycles. The Morgan fingerprint density at radius 3 is 2.55 bits per heavy atom. The fourth-order valence-electron chi connectivity index (χ4n) is 4.37. The molecule has 178 valence electrons. The van der Waals surface area contributed by atoms with Crippen LogP contribution in [0.4, 0.5) is 10.5 Å². The van der Waals surface area contributed by atoms with Crippen LogP contribution >= 0.6 is 11.8 Å². The summed E-state index contributed by atoms with van der Waals surface area (Å²) in [6, 6.07) is 3.02. The van der Waals surface area contributed by atoms with E-state index in [9.17, 15) is 14.4 Å². The van der Waals surface area contributed by atoms with Gasteiger partial charge in [-0.25, -0.2) is 4.79 Å². The maximum absolute atomic E-state index is 13.0. The van der Waals surface area contributed by atoms with Gasteiger partial charge in [-0.2, -0.15) is 0 Å². The fraction of sp³-hybridized carbons (Fsp3) is 0.480. The molecule has 0 radical (unpaired) electrons. The van der Waals surface area contributed by atoms with Crippen molar-refractivity contribution in [2.24, 2.45) is 0 Å². The molecular formula is C25H32N2O5S. The number of carbonyl (C=O) groups excluding carboxylic acids is 3. The molecule has 0 N–H and O–H groups in total. The molecule has 0 aromatic heterocycles. The quantitative estimate of drug-likeness (QED) is 0.404. The number of carbonyl (C=O) groups is 3.